The molecule has 1 N–H and O–H groups in total. The molecule has 3 aromatic rings. The Hall–Kier alpha value is -2.89. The Morgan fingerprint density at radius 1 is 1.15 bits per heavy atom. The maximum Gasteiger partial charge on any atom is 0.193 e. The van der Waals surface area contributed by atoms with Gasteiger partial charge in [-0.3, -0.25) is 9.39 Å². The van der Waals surface area contributed by atoms with Crippen LogP contribution in [0.5, 0.6) is 0 Å². The third-order valence-corrected chi connectivity index (χ3v) is 4.99. The lowest BCUT2D eigenvalue weighted by Gasteiger charge is -2.21. The van der Waals surface area contributed by atoms with Crippen molar-refractivity contribution in [2.24, 2.45) is 4.99 Å². The highest BCUT2D eigenvalue weighted by molar-refractivity contribution is 5.80. The van der Waals surface area contributed by atoms with E-state index >= 15 is 0 Å². The van der Waals surface area contributed by atoms with E-state index in [1.54, 1.807) is 0 Å². The van der Waals surface area contributed by atoms with Crippen LogP contribution in [0.4, 0.5) is 0 Å². The third kappa shape index (κ3) is 3.40. The van der Waals surface area contributed by atoms with Crippen LogP contribution < -0.4 is 5.32 Å². The lowest BCUT2D eigenvalue weighted by molar-refractivity contribution is 0.486. The number of aromatic nitrogens is 3. The molecule has 0 radical (unpaired) electrons. The van der Waals surface area contributed by atoms with Gasteiger partial charge in [0.05, 0.1) is 0 Å². The average Bonchev–Trinajstić information content (AvgIpc) is 3.34. The number of fused-ring (bicyclic) bond motifs is 1. The Kier molecular flexibility index (Phi) is 4.82. The van der Waals surface area contributed by atoms with Gasteiger partial charge in [0.2, 0.25) is 0 Å². The SMILES string of the molecule is CN=C(NCCc1nnc2ccccn12)N1CCC(c2ccccc2)C1. The molecule has 0 aliphatic carbocycles. The fourth-order valence-electron chi connectivity index (χ4n) is 3.63. The largest absolute Gasteiger partial charge is 0.356 e. The second-order valence-corrected chi connectivity index (χ2v) is 6.61. The Balaban J connectivity index is 1.34. The second-order valence-electron chi connectivity index (χ2n) is 6.61. The summed E-state index contributed by atoms with van der Waals surface area (Å²) in [5.41, 5.74) is 2.30. The molecule has 1 saturated heterocycles. The Morgan fingerprint density at radius 3 is 2.85 bits per heavy atom. The number of nitrogens with one attached hydrogen (secondary N) is 1. The molecule has 1 atom stereocenters. The predicted molar refractivity (Wildman–Crippen MR) is 103 cm³/mol. The van der Waals surface area contributed by atoms with Crippen LogP contribution in [0.3, 0.4) is 0 Å². The second kappa shape index (κ2) is 7.56. The number of hydrogen-bond acceptors (Lipinski definition) is 3. The maximum atomic E-state index is 4.47. The van der Waals surface area contributed by atoms with E-state index in [4.69, 9.17) is 0 Å². The minimum absolute atomic E-state index is 0.579. The summed E-state index contributed by atoms with van der Waals surface area (Å²) in [5.74, 6) is 2.51. The van der Waals surface area contributed by atoms with Gasteiger partial charge in [0.25, 0.3) is 0 Å². The van der Waals surface area contributed by atoms with Gasteiger partial charge < -0.3 is 10.2 Å². The summed E-state index contributed by atoms with van der Waals surface area (Å²) in [6, 6.07) is 16.7. The van der Waals surface area contributed by atoms with Crippen LogP contribution in [-0.4, -0.2) is 52.1 Å². The van der Waals surface area contributed by atoms with Crippen molar-refractivity contribution < 1.29 is 0 Å². The lowest BCUT2D eigenvalue weighted by Crippen LogP contribution is -2.40. The molecule has 0 bridgehead atoms. The highest BCUT2D eigenvalue weighted by atomic mass is 15.3. The maximum absolute atomic E-state index is 4.47. The smallest absolute Gasteiger partial charge is 0.193 e. The molecule has 1 unspecified atom stereocenters. The van der Waals surface area contributed by atoms with Gasteiger partial charge in [0.15, 0.2) is 11.6 Å². The van der Waals surface area contributed by atoms with E-state index in [2.05, 4.69) is 55.7 Å². The highest BCUT2D eigenvalue weighted by Crippen LogP contribution is 2.26. The van der Waals surface area contributed by atoms with E-state index in [-0.39, 0.29) is 0 Å². The quantitative estimate of drug-likeness (QED) is 0.581. The molecule has 134 valence electrons. The van der Waals surface area contributed by atoms with E-state index in [1.807, 2.05) is 35.8 Å². The van der Waals surface area contributed by atoms with Gasteiger partial charge in [-0.15, -0.1) is 10.2 Å². The molecule has 4 rings (SSSR count). The Morgan fingerprint density at radius 2 is 2.00 bits per heavy atom. The zero-order valence-electron chi connectivity index (χ0n) is 15.0. The van der Waals surface area contributed by atoms with Crippen LogP contribution in [0.1, 0.15) is 23.7 Å². The third-order valence-electron chi connectivity index (χ3n) is 4.99. The molecule has 6 heteroatoms. The van der Waals surface area contributed by atoms with Gasteiger partial charge in [-0.25, -0.2) is 0 Å². The van der Waals surface area contributed by atoms with E-state index in [0.717, 1.165) is 43.5 Å². The summed E-state index contributed by atoms with van der Waals surface area (Å²) in [6.45, 7) is 2.83. The van der Waals surface area contributed by atoms with Crippen molar-refractivity contribution in [3.63, 3.8) is 0 Å². The van der Waals surface area contributed by atoms with E-state index < -0.39 is 0 Å². The average molecular weight is 348 g/mol. The zero-order chi connectivity index (χ0) is 17.8. The lowest BCUT2D eigenvalue weighted by atomic mass is 9.99. The van der Waals surface area contributed by atoms with Crippen LogP contribution in [0.2, 0.25) is 0 Å². The monoisotopic (exact) mass is 348 g/mol. The first kappa shape index (κ1) is 16.6. The van der Waals surface area contributed by atoms with Gasteiger partial charge in [0, 0.05) is 45.2 Å². The van der Waals surface area contributed by atoms with Gasteiger partial charge in [-0.2, -0.15) is 0 Å². The summed E-state index contributed by atoms with van der Waals surface area (Å²) < 4.78 is 2.03. The number of pyridine rings is 1. The van der Waals surface area contributed by atoms with Crippen LogP contribution in [-0.2, 0) is 6.42 Å². The number of guanidine groups is 1. The Bertz CT molecular complexity index is 885. The number of nitrogens with zero attached hydrogens (tertiary/aromatic N) is 5. The van der Waals surface area contributed by atoms with E-state index in [0.29, 0.717) is 5.92 Å². The molecule has 1 aliphatic rings. The molecule has 1 aromatic carbocycles. The van der Waals surface area contributed by atoms with Gasteiger partial charge in [0.1, 0.15) is 5.82 Å². The topological polar surface area (TPSA) is 57.8 Å². The minimum atomic E-state index is 0.579. The van der Waals surface area contributed by atoms with Crippen molar-refractivity contribution in [2.45, 2.75) is 18.8 Å². The Labute approximate surface area is 153 Å². The molecule has 3 heterocycles. The molecule has 6 nitrogen and oxygen atoms in total. The minimum Gasteiger partial charge on any atom is -0.356 e. The number of likely N-dealkylation sites (tertiary alicyclic amines) is 1. The zero-order valence-corrected chi connectivity index (χ0v) is 15.0. The summed E-state index contributed by atoms with van der Waals surface area (Å²) >= 11 is 0. The van der Waals surface area contributed by atoms with E-state index in [1.165, 1.54) is 12.0 Å². The molecule has 1 fully saturated rings. The normalized spacial score (nSPS) is 17.8. The molecule has 0 saturated carbocycles. The van der Waals surface area contributed by atoms with Crippen molar-refractivity contribution in [2.75, 3.05) is 26.7 Å². The first-order chi connectivity index (χ1) is 12.8. The molecular weight excluding hydrogens is 324 g/mol. The first-order valence-electron chi connectivity index (χ1n) is 9.14. The molecular formula is C20H24N6. The van der Waals surface area contributed by atoms with Crippen LogP contribution >= 0.6 is 0 Å². The fraction of sp³-hybridized carbons (Fsp3) is 0.350. The number of rotatable bonds is 4. The van der Waals surface area contributed by atoms with Crippen LogP contribution in [0.15, 0.2) is 59.7 Å². The van der Waals surface area contributed by atoms with Gasteiger partial charge in [-0.1, -0.05) is 36.4 Å². The van der Waals surface area contributed by atoms with Gasteiger partial charge >= 0.3 is 0 Å². The molecule has 0 spiro atoms. The summed E-state index contributed by atoms with van der Waals surface area (Å²) in [5, 5.41) is 12.0. The number of aliphatic imine (C=N–C) groups is 1. The summed E-state index contributed by atoms with van der Waals surface area (Å²) in [7, 11) is 1.85. The van der Waals surface area contributed by atoms with Crippen molar-refractivity contribution >= 4 is 11.6 Å². The first-order valence-corrected chi connectivity index (χ1v) is 9.14. The highest BCUT2D eigenvalue weighted by Gasteiger charge is 2.25. The molecule has 0 amide bonds. The molecule has 1 aliphatic heterocycles. The van der Waals surface area contributed by atoms with Crippen LogP contribution in [0.25, 0.3) is 5.65 Å². The standard InChI is InChI=1S/C20H24N6/c1-21-20(25-14-11-17(15-25)16-7-3-2-4-8-16)22-12-10-19-24-23-18-9-5-6-13-26(18)19/h2-9,13,17H,10-12,14-15H2,1H3,(H,21,22). The van der Waals surface area contributed by atoms with Crippen molar-refractivity contribution in [3.05, 3.63) is 66.1 Å². The number of benzene rings is 1. The fourth-order valence-corrected chi connectivity index (χ4v) is 3.63. The summed E-state index contributed by atoms with van der Waals surface area (Å²) in [6.07, 6.45) is 3.98. The van der Waals surface area contributed by atoms with Crippen molar-refractivity contribution in [1.82, 2.24) is 24.8 Å². The van der Waals surface area contributed by atoms with Crippen molar-refractivity contribution in [1.29, 1.82) is 0 Å². The van der Waals surface area contributed by atoms with E-state index in [9.17, 15) is 0 Å². The number of hydrogen-bond donors (Lipinski definition) is 1. The summed E-state index contributed by atoms with van der Waals surface area (Å²) in [4.78, 5) is 6.81. The van der Waals surface area contributed by atoms with Crippen LogP contribution in [0, 0.1) is 0 Å². The van der Waals surface area contributed by atoms with Gasteiger partial charge in [-0.05, 0) is 24.1 Å². The predicted octanol–water partition coefficient (Wildman–Crippen LogP) is 2.34. The molecule has 26 heavy (non-hydrogen) atoms. The van der Waals surface area contributed by atoms with Crippen molar-refractivity contribution in [3.8, 4) is 0 Å². The molecule has 2 aromatic heterocycles.